The summed E-state index contributed by atoms with van der Waals surface area (Å²) in [6.07, 6.45) is 0.954. The first-order valence-corrected chi connectivity index (χ1v) is 5.29. The van der Waals surface area contributed by atoms with Crippen molar-refractivity contribution in [3.8, 4) is 0 Å². The summed E-state index contributed by atoms with van der Waals surface area (Å²) in [5.41, 5.74) is 1.06. The number of nitrogens with one attached hydrogen (secondary N) is 2. The van der Waals surface area contributed by atoms with Crippen LogP contribution in [0.1, 0.15) is 25.0 Å². The van der Waals surface area contributed by atoms with Crippen molar-refractivity contribution in [1.82, 2.24) is 10.6 Å². The Bertz CT molecular complexity index is 439. The molecule has 1 aliphatic rings. The van der Waals surface area contributed by atoms with Crippen LogP contribution in [-0.4, -0.2) is 11.9 Å². The molecule has 1 fully saturated rings. The van der Waals surface area contributed by atoms with Crippen LogP contribution in [0.25, 0.3) is 0 Å². The smallest absolute Gasteiger partial charge is 0.320 e. The van der Waals surface area contributed by atoms with Gasteiger partial charge < -0.3 is 5.32 Å². The average Bonchev–Trinajstić information content (AvgIpc) is 2.54. The molecule has 3 amide bonds. The quantitative estimate of drug-likeness (QED) is 0.735. The van der Waals surface area contributed by atoms with E-state index in [9.17, 15) is 9.59 Å². The number of imide groups is 1. The minimum Gasteiger partial charge on any atom is -0.320 e. The Hall–Kier alpha value is -1.84. The van der Waals surface area contributed by atoms with Crippen molar-refractivity contribution in [1.29, 1.82) is 0 Å². The second kappa shape index (κ2) is 3.63. The first-order chi connectivity index (χ1) is 7.56. The molecule has 0 radical (unpaired) electrons. The third-order valence-electron chi connectivity index (χ3n) is 2.98. The van der Waals surface area contributed by atoms with Gasteiger partial charge in [-0.1, -0.05) is 31.2 Å². The highest BCUT2D eigenvalue weighted by Crippen LogP contribution is 2.24. The van der Waals surface area contributed by atoms with Crippen LogP contribution in [0.15, 0.2) is 24.3 Å². The van der Waals surface area contributed by atoms with Gasteiger partial charge in [-0.15, -0.1) is 0 Å². The van der Waals surface area contributed by atoms with Crippen LogP contribution < -0.4 is 10.6 Å². The van der Waals surface area contributed by atoms with E-state index in [0.717, 1.165) is 12.0 Å². The van der Waals surface area contributed by atoms with Crippen LogP contribution in [-0.2, 0) is 16.8 Å². The molecule has 84 valence electrons. The summed E-state index contributed by atoms with van der Waals surface area (Å²) in [6, 6.07) is 7.26. The molecule has 2 rings (SSSR count). The van der Waals surface area contributed by atoms with Crippen LogP contribution in [0.5, 0.6) is 0 Å². The van der Waals surface area contributed by atoms with Gasteiger partial charge in [0, 0.05) is 0 Å². The summed E-state index contributed by atoms with van der Waals surface area (Å²) < 4.78 is 0. The summed E-state index contributed by atoms with van der Waals surface area (Å²) in [6.45, 7) is 3.77. The van der Waals surface area contributed by atoms with Crippen molar-refractivity contribution in [2.45, 2.75) is 25.8 Å². The third kappa shape index (κ3) is 1.56. The SMILES string of the molecule is CCc1ccc(C2(C)NC(=O)NC2=O)cc1. The zero-order chi connectivity index (χ0) is 11.8. The Morgan fingerprint density at radius 1 is 1.19 bits per heavy atom. The van der Waals surface area contributed by atoms with Gasteiger partial charge in [0.25, 0.3) is 5.91 Å². The van der Waals surface area contributed by atoms with Gasteiger partial charge in [-0.25, -0.2) is 4.79 Å². The predicted octanol–water partition coefficient (Wildman–Crippen LogP) is 1.30. The maximum absolute atomic E-state index is 11.7. The fourth-order valence-corrected chi connectivity index (χ4v) is 1.82. The largest absolute Gasteiger partial charge is 0.322 e. The Balaban J connectivity index is 2.36. The van der Waals surface area contributed by atoms with E-state index in [1.807, 2.05) is 24.3 Å². The highest BCUT2D eigenvalue weighted by Gasteiger charge is 2.43. The standard InChI is InChI=1S/C12H14N2O2/c1-3-8-4-6-9(7-5-8)12(2)10(15)13-11(16)14-12/h4-7H,3H2,1-2H3,(H2,13,14,15,16). The minimum atomic E-state index is -0.941. The molecule has 1 atom stereocenters. The minimum absolute atomic E-state index is 0.304. The molecule has 1 unspecified atom stereocenters. The van der Waals surface area contributed by atoms with Crippen LogP contribution >= 0.6 is 0 Å². The van der Waals surface area contributed by atoms with Crippen LogP contribution in [0.3, 0.4) is 0 Å². The van der Waals surface area contributed by atoms with Crippen LogP contribution in [0.2, 0.25) is 0 Å². The summed E-state index contributed by atoms with van der Waals surface area (Å²) >= 11 is 0. The number of carbonyl (C=O) groups is 2. The van der Waals surface area contributed by atoms with E-state index in [4.69, 9.17) is 0 Å². The molecule has 2 N–H and O–H groups in total. The second-order valence-electron chi connectivity index (χ2n) is 4.08. The van der Waals surface area contributed by atoms with E-state index in [1.165, 1.54) is 5.56 Å². The van der Waals surface area contributed by atoms with Gasteiger partial charge in [-0.05, 0) is 24.5 Å². The fraction of sp³-hybridized carbons (Fsp3) is 0.333. The summed E-state index contributed by atoms with van der Waals surface area (Å²) in [7, 11) is 0. The first-order valence-electron chi connectivity index (χ1n) is 5.29. The molecule has 1 heterocycles. The van der Waals surface area contributed by atoms with Crippen molar-refractivity contribution >= 4 is 11.9 Å². The lowest BCUT2D eigenvalue weighted by molar-refractivity contribution is -0.123. The van der Waals surface area contributed by atoms with E-state index in [1.54, 1.807) is 6.92 Å². The molecule has 1 aromatic rings. The van der Waals surface area contributed by atoms with Crippen LogP contribution in [0.4, 0.5) is 4.79 Å². The lowest BCUT2D eigenvalue weighted by Crippen LogP contribution is -2.40. The van der Waals surface area contributed by atoms with Gasteiger partial charge in [-0.3, -0.25) is 10.1 Å². The number of amides is 3. The molecule has 16 heavy (non-hydrogen) atoms. The molecular weight excluding hydrogens is 204 g/mol. The Morgan fingerprint density at radius 3 is 2.25 bits per heavy atom. The molecule has 1 aromatic carbocycles. The van der Waals surface area contributed by atoms with Gasteiger partial charge in [0.1, 0.15) is 5.54 Å². The molecule has 1 aliphatic heterocycles. The summed E-state index contributed by atoms with van der Waals surface area (Å²) in [5.74, 6) is -0.304. The van der Waals surface area contributed by atoms with Crippen molar-refractivity contribution in [2.75, 3.05) is 0 Å². The van der Waals surface area contributed by atoms with Gasteiger partial charge in [0.05, 0.1) is 0 Å². The second-order valence-corrected chi connectivity index (χ2v) is 4.08. The molecule has 0 aliphatic carbocycles. The van der Waals surface area contributed by atoms with Crippen molar-refractivity contribution in [3.05, 3.63) is 35.4 Å². The number of rotatable bonds is 2. The monoisotopic (exact) mass is 218 g/mol. The third-order valence-corrected chi connectivity index (χ3v) is 2.98. The van der Waals surface area contributed by atoms with Gasteiger partial charge in [0.2, 0.25) is 0 Å². The molecule has 4 nitrogen and oxygen atoms in total. The highest BCUT2D eigenvalue weighted by atomic mass is 16.2. The Morgan fingerprint density at radius 2 is 1.81 bits per heavy atom. The number of hydrogen-bond acceptors (Lipinski definition) is 2. The molecule has 0 aromatic heterocycles. The lowest BCUT2D eigenvalue weighted by atomic mass is 9.91. The number of hydrogen-bond donors (Lipinski definition) is 2. The molecule has 1 saturated heterocycles. The highest BCUT2D eigenvalue weighted by molar-refractivity contribution is 6.07. The number of aryl methyl sites for hydroxylation is 1. The topological polar surface area (TPSA) is 58.2 Å². The van der Waals surface area contributed by atoms with Crippen molar-refractivity contribution in [2.24, 2.45) is 0 Å². The zero-order valence-electron chi connectivity index (χ0n) is 9.33. The van der Waals surface area contributed by atoms with Crippen LogP contribution in [0, 0.1) is 0 Å². The van der Waals surface area contributed by atoms with Gasteiger partial charge in [0.15, 0.2) is 0 Å². The van der Waals surface area contributed by atoms with Crippen molar-refractivity contribution < 1.29 is 9.59 Å². The number of carbonyl (C=O) groups excluding carboxylic acids is 2. The van der Waals surface area contributed by atoms with E-state index >= 15 is 0 Å². The zero-order valence-corrected chi connectivity index (χ0v) is 9.33. The number of urea groups is 1. The normalized spacial score (nSPS) is 24.1. The van der Waals surface area contributed by atoms with Gasteiger partial charge >= 0.3 is 6.03 Å². The Labute approximate surface area is 94.0 Å². The summed E-state index contributed by atoms with van der Waals surface area (Å²) in [4.78, 5) is 22.8. The lowest BCUT2D eigenvalue weighted by Gasteiger charge is -2.21. The van der Waals surface area contributed by atoms with E-state index in [-0.39, 0.29) is 5.91 Å². The maximum Gasteiger partial charge on any atom is 0.322 e. The van der Waals surface area contributed by atoms with E-state index < -0.39 is 11.6 Å². The molecule has 0 saturated carbocycles. The number of benzene rings is 1. The van der Waals surface area contributed by atoms with Crippen molar-refractivity contribution in [3.63, 3.8) is 0 Å². The molecular formula is C12H14N2O2. The van der Waals surface area contributed by atoms with E-state index in [2.05, 4.69) is 17.6 Å². The average molecular weight is 218 g/mol. The summed E-state index contributed by atoms with van der Waals surface area (Å²) in [5, 5.41) is 4.88. The first kappa shape index (κ1) is 10.7. The predicted molar refractivity (Wildman–Crippen MR) is 59.8 cm³/mol. The van der Waals surface area contributed by atoms with E-state index in [0.29, 0.717) is 0 Å². The maximum atomic E-state index is 11.7. The Kier molecular flexibility index (Phi) is 2.42. The molecule has 0 spiro atoms. The van der Waals surface area contributed by atoms with Gasteiger partial charge in [-0.2, -0.15) is 0 Å². The molecule has 4 heteroatoms. The fourth-order valence-electron chi connectivity index (χ4n) is 1.82. The molecule has 0 bridgehead atoms.